The molecular formula is C17H14N8. The van der Waals surface area contributed by atoms with Crippen LogP contribution in [0.1, 0.15) is 11.1 Å². The molecule has 0 radical (unpaired) electrons. The first-order chi connectivity index (χ1) is 12.3. The van der Waals surface area contributed by atoms with E-state index in [2.05, 4.69) is 36.1 Å². The van der Waals surface area contributed by atoms with E-state index in [1.54, 1.807) is 6.21 Å². The summed E-state index contributed by atoms with van der Waals surface area (Å²) in [4.78, 5) is 4.40. The van der Waals surface area contributed by atoms with Gasteiger partial charge in [0, 0.05) is 5.56 Å². The van der Waals surface area contributed by atoms with Crippen LogP contribution in [-0.4, -0.2) is 36.5 Å². The van der Waals surface area contributed by atoms with Gasteiger partial charge in [-0.05, 0) is 22.9 Å². The fraction of sp³-hybridized carbons (Fsp3) is 0.0588. The zero-order valence-electron chi connectivity index (χ0n) is 13.4. The predicted octanol–water partition coefficient (Wildman–Crippen LogP) is 2.34. The number of benzene rings is 2. The molecule has 25 heavy (non-hydrogen) atoms. The topological polar surface area (TPSA) is 93.2 Å². The second-order valence-electron chi connectivity index (χ2n) is 5.42. The minimum absolute atomic E-state index is 0.299. The number of hydrogen-bond donors (Lipinski definition) is 1. The summed E-state index contributed by atoms with van der Waals surface area (Å²) >= 11 is 0. The fourth-order valence-electron chi connectivity index (χ4n) is 2.29. The molecule has 0 saturated carbocycles. The summed E-state index contributed by atoms with van der Waals surface area (Å²) in [5.41, 5.74) is 6.63. The number of fused-ring (bicyclic) bond motifs is 1. The molecule has 2 aromatic heterocycles. The van der Waals surface area contributed by atoms with E-state index in [1.165, 1.54) is 10.2 Å². The molecule has 4 rings (SSSR count). The van der Waals surface area contributed by atoms with E-state index in [0.717, 1.165) is 11.1 Å². The Morgan fingerprint density at radius 1 is 1.04 bits per heavy atom. The molecular weight excluding hydrogens is 316 g/mol. The lowest BCUT2D eigenvalue weighted by atomic mass is 10.1. The van der Waals surface area contributed by atoms with Crippen LogP contribution in [0.25, 0.3) is 17.0 Å². The molecule has 4 aromatic rings. The monoisotopic (exact) mass is 330 g/mol. The van der Waals surface area contributed by atoms with Crippen molar-refractivity contribution in [3.63, 3.8) is 0 Å². The van der Waals surface area contributed by atoms with E-state index in [9.17, 15) is 0 Å². The SMILES string of the molecule is Cc1ccc(C=NNc2nc3nnnn3nc2-c2ccccc2)cc1. The van der Waals surface area contributed by atoms with Crippen LogP contribution >= 0.6 is 0 Å². The summed E-state index contributed by atoms with van der Waals surface area (Å²) < 4.78 is 1.29. The molecule has 0 aliphatic heterocycles. The third kappa shape index (κ3) is 3.18. The van der Waals surface area contributed by atoms with Crippen molar-refractivity contribution >= 4 is 17.8 Å². The number of nitrogens with one attached hydrogen (secondary N) is 1. The largest absolute Gasteiger partial charge is 0.293 e. The molecule has 0 fully saturated rings. The number of anilines is 1. The summed E-state index contributed by atoms with van der Waals surface area (Å²) in [5, 5.41) is 19.9. The van der Waals surface area contributed by atoms with E-state index >= 15 is 0 Å². The molecule has 8 nitrogen and oxygen atoms in total. The van der Waals surface area contributed by atoms with Crippen LogP contribution in [-0.2, 0) is 0 Å². The van der Waals surface area contributed by atoms with Gasteiger partial charge in [-0.1, -0.05) is 69.9 Å². The molecule has 0 bridgehead atoms. The van der Waals surface area contributed by atoms with Gasteiger partial charge in [0.2, 0.25) is 0 Å². The molecule has 0 unspecified atom stereocenters. The standard InChI is InChI=1S/C17H14N8/c1-12-7-9-13(10-8-12)11-18-20-16-15(14-5-3-2-4-6-14)22-25-17(19-16)21-23-24-25/h2-11H,1H3,(H,19,20,21,24). The molecule has 0 aliphatic rings. The third-order valence-corrected chi connectivity index (χ3v) is 3.58. The number of hydrogen-bond acceptors (Lipinski definition) is 7. The van der Waals surface area contributed by atoms with Crippen LogP contribution < -0.4 is 5.43 Å². The van der Waals surface area contributed by atoms with Gasteiger partial charge in [-0.3, -0.25) is 5.43 Å². The summed E-state index contributed by atoms with van der Waals surface area (Å²) in [6.45, 7) is 2.04. The van der Waals surface area contributed by atoms with E-state index < -0.39 is 0 Å². The van der Waals surface area contributed by atoms with E-state index in [0.29, 0.717) is 17.3 Å². The van der Waals surface area contributed by atoms with Crippen molar-refractivity contribution in [2.75, 3.05) is 5.43 Å². The Bertz CT molecular complexity index is 1020. The van der Waals surface area contributed by atoms with Crippen LogP contribution in [0.15, 0.2) is 59.7 Å². The first-order valence-corrected chi connectivity index (χ1v) is 7.67. The molecule has 0 spiro atoms. The van der Waals surface area contributed by atoms with Crippen molar-refractivity contribution in [2.24, 2.45) is 5.10 Å². The highest BCUT2D eigenvalue weighted by Crippen LogP contribution is 2.23. The first kappa shape index (κ1) is 14.9. The minimum atomic E-state index is 0.299. The molecule has 0 aliphatic carbocycles. The highest BCUT2D eigenvalue weighted by atomic mass is 15.6. The number of nitrogens with zero attached hydrogens (tertiary/aromatic N) is 7. The smallest absolute Gasteiger partial charge is 0.259 e. The normalized spacial score (nSPS) is 11.2. The highest BCUT2D eigenvalue weighted by Gasteiger charge is 2.12. The van der Waals surface area contributed by atoms with E-state index in [-0.39, 0.29) is 0 Å². The number of aromatic nitrogens is 6. The molecule has 0 saturated heterocycles. The zero-order chi connectivity index (χ0) is 17.1. The fourth-order valence-corrected chi connectivity index (χ4v) is 2.29. The van der Waals surface area contributed by atoms with Gasteiger partial charge < -0.3 is 0 Å². The lowest BCUT2D eigenvalue weighted by molar-refractivity contribution is 0.730. The van der Waals surface area contributed by atoms with E-state index in [1.807, 2.05) is 61.5 Å². The maximum Gasteiger partial charge on any atom is 0.293 e. The molecule has 0 amide bonds. The van der Waals surface area contributed by atoms with Gasteiger partial charge in [0.15, 0.2) is 5.82 Å². The van der Waals surface area contributed by atoms with Crippen molar-refractivity contribution in [1.82, 2.24) is 30.2 Å². The molecule has 2 heterocycles. The van der Waals surface area contributed by atoms with Crippen molar-refractivity contribution in [2.45, 2.75) is 6.92 Å². The van der Waals surface area contributed by atoms with Crippen LogP contribution in [0, 0.1) is 6.92 Å². The quantitative estimate of drug-likeness (QED) is 0.456. The number of tetrazole rings is 1. The number of aryl methyl sites for hydroxylation is 1. The van der Waals surface area contributed by atoms with Gasteiger partial charge >= 0.3 is 0 Å². The van der Waals surface area contributed by atoms with Gasteiger partial charge in [0.25, 0.3) is 5.78 Å². The number of hydrazone groups is 1. The van der Waals surface area contributed by atoms with Gasteiger partial charge in [-0.15, -0.1) is 5.10 Å². The zero-order valence-corrected chi connectivity index (χ0v) is 13.4. The molecule has 1 N–H and O–H groups in total. The van der Waals surface area contributed by atoms with Crippen LogP contribution in [0.3, 0.4) is 0 Å². The predicted molar refractivity (Wildman–Crippen MR) is 94.2 cm³/mol. The lowest BCUT2D eigenvalue weighted by Crippen LogP contribution is -2.05. The molecule has 0 atom stereocenters. The van der Waals surface area contributed by atoms with Crippen molar-refractivity contribution in [3.05, 3.63) is 65.7 Å². The third-order valence-electron chi connectivity index (χ3n) is 3.58. The summed E-state index contributed by atoms with van der Waals surface area (Å²) in [5.74, 6) is 0.782. The van der Waals surface area contributed by atoms with Crippen LogP contribution in [0.4, 0.5) is 5.82 Å². The van der Waals surface area contributed by atoms with Gasteiger partial charge in [0.05, 0.1) is 6.21 Å². The minimum Gasteiger partial charge on any atom is -0.259 e. The summed E-state index contributed by atoms with van der Waals surface area (Å²) in [7, 11) is 0. The van der Waals surface area contributed by atoms with Gasteiger partial charge in [-0.25, -0.2) is 0 Å². The maximum atomic E-state index is 4.42. The van der Waals surface area contributed by atoms with Gasteiger partial charge in [-0.2, -0.15) is 10.1 Å². The molecule has 122 valence electrons. The molecule has 2 aromatic carbocycles. The average molecular weight is 330 g/mol. The van der Waals surface area contributed by atoms with Gasteiger partial charge in [0.1, 0.15) is 5.69 Å². The van der Waals surface area contributed by atoms with E-state index in [4.69, 9.17) is 0 Å². The Morgan fingerprint density at radius 3 is 2.64 bits per heavy atom. The Labute approximate surface area is 143 Å². The summed E-state index contributed by atoms with van der Waals surface area (Å²) in [6.07, 6.45) is 1.72. The van der Waals surface area contributed by atoms with Crippen LogP contribution in [0.5, 0.6) is 0 Å². The summed E-state index contributed by atoms with van der Waals surface area (Å²) in [6, 6.07) is 17.7. The first-order valence-electron chi connectivity index (χ1n) is 7.67. The van der Waals surface area contributed by atoms with Crippen molar-refractivity contribution in [1.29, 1.82) is 0 Å². The van der Waals surface area contributed by atoms with Crippen LogP contribution in [0.2, 0.25) is 0 Å². The average Bonchev–Trinajstić information content (AvgIpc) is 3.11. The highest BCUT2D eigenvalue weighted by molar-refractivity contribution is 5.81. The van der Waals surface area contributed by atoms with Crippen molar-refractivity contribution < 1.29 is 0 Å². The Balaban J connectivity index is 1.68. The second kappa shape index (κ2) is 6.44. The maximum absolute atomic E-state index is 4.42. The lowest BCUT2D eigenvalue weighted by Gasteiger charge is -2.06. The Morgan fingerprint density at radius 2 is 1.84 bits per heavy atom. The van der Waals surface area contributed by atoms with Crippen molar-refractivity contribution in [3.8, 4) is 11.3 Å². The Hall–Kier alpha value is -3.68. The number of rotatable bonds is 4. The molecule has 8 heteroatoms. The second-order valence-corrected chi connectivity index (χ2v) is 5.42. The Kier molecular flexibility index (Phi) is 3.83.